The van der Waals surface area contributed by atoms with Crippen LogP contribution in [0.1, 0.15) is 35.4 Å². The summed E-state index contributed by atoms with van der Waals surface area (Å²) in [7, 11) is 6.48. The fourth-order valence-corrected chi connectivity index (χ4v) is 4.54. The van der Waals surface area contributed by atoms with Gasteiger partial charge in [0.05, 0.1) is 45.8 Å². The minimum atomic E-state index is -0.497. The molecule has 0 saturated carbocycles. The van der Waals surface area contributed by atoms with Gasteiger partial charge in [-0.1, -0.05) is 30.3 Å². The number of ether oxygens (including phenoxy) is 5. The minimum Gasteiger partial charge on any atom is -0.497 e. The quantitative estimate of drug-likeness (QED) is 0.533. The maximum Gasteiger partial charge on any atom is 0.217 e. The summed E-state index contributed by atoms with van der Waals surface area (Å²) in [4.78, 5) is 0. The number of hydrogen-bond donors (Lipinski definition) is 0. The normalized spacial score (nSPS) is 18.5. The summed E-state index contributed by atoms with van der Waals surface area (Å²) in [5, 5.41) is 7.04. The van der Waals surface area contributed by atoms with Gasteiger partial charge in [-0.3, -0.25) is 0 Å². The standard InChI is InChI=1S/C26H26N2O5/c1-29-17-9-7-8-16(14-17)20-15-21-18-10-5-6-11-22(18)33-26(28(21)27-20)19-12-13-23(30-2)25(32-4)24(19)31-3/h5-14,21,26H,15H2,1-4H3. The lowest BCUT2D eigenvalue weighted by Crippen LogP contribution is -2.34. The van der Waals surface area contributed by atoms with Crippen molar-refractivity contribution >= 4 is 5.71 Å². The molecule has 2 aliphatic rings. The summed E-state index contributed by atoms with van der Waals surface area (Å²) in [6, 6.07) is 19.9. The SMILES string of the molecule is COc1cccc(C2=NN3C(C2)c2ccccc2OC3c2ccc(OC)c(OC)c2OC)c1. The Hall–Kier alpha value is -3.87. The molecule has 0 N–H and O–H groups in total. The molecule has 3 aromatic rings. The van der Waals surface area contributed by atoms with Gasteiger partial charge in [0.2, 0.25) is 12.0 Å². The maximum absolute atomic E-state index is 6.49. The first kappa shape index (κ1) is 21.0. The van der Waals surface area contributed by atoms with Crippen LogP contribution >= 0.6 is 0 Å². The summed E-state index contributed by atoms with van der Waals surface area (Å²) in [6.45, 7) is 0. The van der Waals surface area contributed by atoms with Crippen LogP contribution in [0.5, 0.6) is 28.7 Å². The lowest BCUT2D eigenvalue weighted by atomic mass is 9.95. The molecule has 0 aromatic heterocycles. The van der Waals surface area contributed by atoms with Gasteiger partial charge < -0.3 is 23.7 Å². The maximum atomic E-state index is 6.49. The van der Waals surface area contributed by atoms with Crippen LogP contribution in [0, 0.1) is 0 Å². The Bertz CT molecular complexity index is 1210. The molecule has 0 fully saturated rings. The van der Waals surface area contributed by atoms with E-state index in [1.165, 1.54) is 0 Å². The summed E-state index contributed by atoms with van der Waals surface area (Å²) in [5.74, 6) is 3.31. The van der Waals surface area contributed by atoms with E-state index in [4.69, 9.17) is 28.8 Å². The van der Waals surface area contributed by atoms with E-state index in [1.807, 2.05) is 53.5 Å². The van der Waals surface area contributed by atoms with Gasteiger partial charge in [-0.2, -0.15) is 5.10 Å². The average Bonchev–Trinajstić information content (AvgIpc) is 3.33. The lowest BCUT2D eigenvalue weighted by molar-refractivity contribution is -0.0205. The second-order valence-electron chi connectivity index (χ2n) is 7.81. The molecule has 2 atom stereocenters. The Morgan fingerprint density at radius 3 is 2.39 bits per heavy atom. The lowest BCUT2D eigenvalue weighted by Gasteiger charge is -2.38. The Kier molecular flexibility index (Phi) is 5.46. The van der Waals surface area contributed by atoms with E-state index in [-0.39, 0.29) is 6.04 Å². The van der Waals surface area contributed by atoms with Crippen molar-refractivity contribution in [3.05, 3.63) is 77.4 Å². The fraction of sp³-hybridized carbons (Fsp3) is 0.269. The Morgan fingerprint density at radius 1 is 0.818 bits per heavy atom. The van der Waals surface area contributed by atoms with Crippen molar-refractivity contribution in [2.24, 2.45) is 5.10 Å². The van der Waals surface area contributed by atoms with Gasteiger partial charge in [0, 0.05) is 17.5 Å². The molecule has 2 unspecified atom stereocenters. The zero-order valence-electron chi connectivity index (χ0n) is 19.1. The van der Waals surface area contributed by atoms with Gasteiger partial charge in [-0.05, 0) is 30.3 Å². The van der Waals surface area contributed by atoms with Gasteiger partial charge in [0.1, 0.15) is 11.5 Å². The molecule has 0 amide bonds. The molecular weight excluding hydrogens is 420 g/mol. The summed E-state index contributed by atoms with van der Waals surface area (Å²) in [5.41, 5.74) is 3.92. The molecule has 2 aliphatic heterocycles. The van der Waals surface area contributed by atoms with Crippen LogP contribution in [0.3, 0.4) is 0 Å². The van der Waals surface area contributed by atoms with E-state index in [0.29, 0.717) is 17.2 Å². The molecule has 0 bridgehead atoms. The minimum absolute atomic E-state index is 0.0268. The zero-order valence-corrected chi connectivity index (χ0v) is 19.1. The molecule has 5 rings (SSSR count). The van der Waals surface area contributed by atoms with E-state index >= 15 is 0 Å². The summed E-state index contributed by atoms with van der Waals surface area (Å²) >= 11 is 0. The van der Waals surface area contributed by atoms with Gasteiger partial charge in [0.25, 0.3) is 0 Å². The molecule has 33 heavy (non-hydrogen) atoms. The fourth-order valence-electron chi connectivity index (χ4n) is 4.54. The van der Waals surface area contributed by atoms with Crippen LogP contribution in [0.4, 0.5) is 0 Å². The van der Waals surface area contributed by atoms with E-state index in [0.717, 1.165) is 40.3 Å². The average molecular weight is 447 g/mol. The summed E-state index contributed by atoms with van der Waals surface area (Å²) in [6.07, 6.45) is 0.252. The highest BCUT2D eigenvalue weighted by atomic mass is 16.5. The number of hydrogen-bond acceptors (Lipinski definition) is 7. The highest BCUT2D eigenvalue weighted by Gasteiger charge is 2.42. The highest BCUT2D eigenvalue weighted by Crippen LogP contribution is 2.51. The number of benzene rings is 3. The largest absolute Gasteiger partial charge is 0.497 e. The number of hydrazone groups is 1. The Balaban J connectivity index is 1.63. The van der Waals surface area contributed by atoms with Gasteiger partial charge in [0.15, 0.2) is 11.5 Å². The molecule has 7 heteroatoms. The molecule has 7 nitrogen and oxygen atoms in total. The Labute approximate surface area is 193 Å². The molecule has 0 spiro atoms. The first-order valence-corrected chi connectivity index (χ1v) is 10.7. The number of methoxy groups -OCH3 is 4. The van der Waals surface area contributed by atoms with Crippen molar-refractivity contribution in [3.8, 4) is 28.7 Å². The van der Waals surface area contributed by atoms with Crippen LogP contribution in [-0.2, 0) is 0 Å². The van der Waals surface area contributed by atoms with Crippen molar-refractivity contribution in [2.75, 3.05) is 28.4 Å². The molecule has 0 radical (unpaired) electrons. The van der Waals surface area contributed by atoms with Crippen LogP contribution in [-0.4, -0.2) is 39.2 Å². The van der Waals surface area contributed by atoms with Crippen LogP contribution in [0.25, 0.3) is 0 Å². The first-order valence-electron chi connectivity index (χ1n) is 10.7. The van der Waals surface area contributed by atoms with Crippen LogP contribution in [0.2, 0.25) is 0 Å². The van der Waals surface area contributed by atoms with Crippen molar-refractivity contribution in [2.45, 2.75) is 18.7 Å². The van der Waals surface area contributed by atoms with E-state index < -0.39 is 6.23 Å². The number of para-hydroxylation sites is 1. The van der Waals surface area contributed by atoms with Crippen molar-refractivity contribution in [1.82, 2.24) is 5.01 Å². The molecule has 2 heterocycles. The third-order valence-corrected chi connectivity index (χ3v) is 6.10. The third-order valence-electron chi connectivity index (χ3n) is 6.10. The highest BCUT2D eigenvalue weighted by molar-refractivity contribution is 6.02. The van der Waals surface area contributed by atoms with Gasteiger partial charge >= 0.3 is 0 Å². The van der Waals surface area contributed by atoms with E-state index in [2.05, 4.69) is 12.1 Å². The summed E-state index contributed by atoms with van der Waals surface area (Å²) < 4.78 is 28.8. The predicted molar refractivity (Wildman–Crippen MR) is 125 cm³/mol. The van der Waals surface area contributed by atoms with Gasteiger partial charge in [-0.25, -0.2) is 5.01 Å². The van der Waals surface area contributed by atoms with Crippen molar-refractivity contribution in [3.63, 3.8) is 0 Å². The Morgan fingerprint density at radius 2 is 1.64 bits per heavy atom. The van der Waals surface area contributed by atoms with E-state index in [9.17, 15) is 0 Å². The molecule has 170 valence electrons. The second kappa shape index (κ2) is 8.58. The third kappa shape index (κ3) is 3.50. The smallest absolute Gasteiger partial charge is 0.217 e. The topological polar surface area (TPSA) is 61.8 Å². The molecule has 0 aliphatic carbocycles. The first-order chi connectivity index (χ1) is 16.2. The van der Waals surface area contributed by atoms with Crippen LogP contribution in [0.15, 0.2) is 65.8 Å². The van der Waals surface area contributed by atoms with Crippen molar-refractivity contribution in [1.29, 1.82) is 0 Å². The number of fused-ring (bicyclic) bond motifs is 3. The van der Waals surface area contributed by atoms with E-state index in [1.54, 1.807) is 28.4 Å². The number of nitrogens with zero attached hydrogens (tertiary/aromatic N) is 2. The zero-order chi connectivity index (χ0) is 22.9. The molecular formula is C26H26N2O5. The second-order valence-corrected chi connectivity index (χ2v) is 7.81. The predicted octanol–water partition coefficient (Wildman–Crippen LogP) is 4.96. The molecule has 0 saturated heterocycles. The number of rotatable bonds is 6. The monoisotopic (exact) mass is 446 g/mol. The van der Waals surface area contributed by atoms with Crippen LogP contribution < -0.4 is 23.7 Å². The molecule has 3 aromatic carbocycles. The van der Waals surface area contributed by atoms with Crippen molar-refractivity contribution < 1.29 is 23.7 Å². The van der Waals surface area contributed by atoms with Gasteiger partial charge in [-0.15, -0.1) is 0 Å².